The van der Waals surface area contributed by atoms with Crippen molar-refractivity contribution in [3.63, 3.8) is 0 Å². The molecule has 0 spiro atoms. The van der Waals surface area contributed by atoms with Crippen molar-refractivity contribution in [2.45, 2.75) is 32.8 Å². The lowest BCUT2D eigenvalue weighted by molar-refractivity contribution is -0.118. The molecule has 0 aliphatic rings. The van der Waals surface area contributed by atoms with Crippen LogP contribution >= 0.6 is 0 Å². The van der Waals surface area contributed by atoms with E-state index >= 15 is 0 Å². The smallest absolute Gasteiger partial charge is 0.420 e. The summed E-state index contributed by atoms with van der Waals surface area (Å²) in [6, 6.07) is 1.34. The topological polar surface area (TPSA) is 130 Å². The standard InChI is InChI=1S/C15H21N3O6/c1-4-10(5-2)23-14(20)9-6-11(22-3)13(17-8-9)24-15(21)18-12(19)7-16/h6,8,10H,4-5,7,16H2,1-3H3,(H,18,19,21). The highest BCUT2D eigenvalue weighted by molar-refractivity contribution is 5.93. The molecule has 0 aliphatic heterocycles. The van der Waals surface area contributed by atoms with E-state index in [2.05, 4.69) is 4.98 Å². The number of methoxy groups -OCH3 is 1. The number of aromatic nitrogens is 1. The molecule has 2 amide bonds. The number of pyridine rings is 1. The van der Waals surface area contributed by atoms with E-state index in [1.807, 2.05) is 19.2 Å². The molecule has 1 rings (SSSR count). The minimum atomic E-state index is -1.05. The summed E-state index contributed by atoms with van der Waals surface area (Å²) in [5.41, 5.74) is 5.23. The predicted octanol–water partition coefficient (Wildman–Crippen LogP) is 1.01. The molecule has 3 N–H and O–H groups in total. The van der Waals surface area contributed by atoms with Gasteiger partial charge in [0.15, 0.2) is 5.75 Å². The van der Waals surface area contributed by atoms with Gasteiger partial charge in [0, 0.05) is 12.3 Å². The lowest BCUT2D eigenvalue weighted by Crippen LogP contribution is -2.37. The van der Waals surface area contributed by atoms with E-state index in [9.17, 15) is 14.4 Å². The van der Waals surface area contributed by atoms with Gasteiger partial charge in [0.2, 0.25) is 5.91 Å². The maximum Gasteiger partial charge on any atom is 0.420 e. The van der Waals surface area contributed by atoms with Gasteiger partial charge in [-0.2, -0.15) is 0 Å². The molecule has 0 radical (unpaired) electrons. The van der Waals surface area contributed by atoms with Gasteiger partial charge >= 0.3 is 12.1 Å². The normalized spacial score (nSPS) is 10.2. The van der Waals surface area contributed by atoms with Gasteiger partial charge in [-0.25, -0.2) is 14.6 Å². The summed E-state index contributed by atoms with van der Waals surface area (Å²) >= 11 is 0. The fraction of sp³-hybridized carbons (Fsp3) is 0.467. The zero-order valence-electron chi connectivity index (χ0n) is 13.8. The lowest BCUT2D eigenvalue weighted by Gasteiger charge is -2.14. The first-order chi connectivity index (χ1) is 11.4. The van der Waals surface area contributed by atoms with Gasteiger partial charge in [-0.15, -0.1) is 0 Å². The predicted molar refractivity (Wildman–Crippen MR) is 83.8 cm³/mol. The zero-order chi connectivity index (χ0) is 18.1. The lowest BCUT2D eigenvalue weighted by atomic mass is 10.2. The zero-order valence-corrected chi connectivity index (χ0v) is 13.8. The van der Waals surface area contributed by atoms with Crippen LogP contribution in [0.25, 0.3) is 0 Å². The summed E-state index contributed by atoms with van der Waals surface area (Å²) in [7, 11) is 1.32. The second-order valence-corrected chi connectivity index (χ2v) is 4.72. The first-order valence-electron chi connectivity index (χ1n) is 7.41. The molecular formula is C15H21N3O6. The second kappa shape index (κ2) is 9.46. The summed E-state index contributed by atoms with van der Waals surface area (Å²) < 4.78 is 15.2. The van der Waals surface area contributed by atoms with Crippen molar-refractivity contribution in [3.8, 4) is 11.6 Å². The van der Waals surface area contributed by atoms with E-state index < -0.39 is 18.0 Å². The summed E-state index contributed by atoms with van der Waals surface area (Å²) in [6.45, 7) is 3.47. The quantitative estimate of drug-likeness (QED) is 0.704. The van der Waals surface area contributed by atoms with Crippen molar-refractivity contribution in [2.75, 3.05) is 13.7 Å². The number of nitrogens with zero attached hydrogens (tertiary/aromatic N) is 1. The van der Waals surface area contributed by atoms with Crippen molar-refractivity contribution < 1.29 is 28.6 Å². The van der Waals surface area contributed by atoms with Crippen LogP contribution in [0.15, 0.2) is 12.3 Å². The number of rotatable bonds is 7. The van der Waals surface area contributed by atoms with E-state index in [1.54, 1.807) is 0 Å². The van der Waals surface area contributed by atoms with Crippen LogP contribution < -0.4 is 20.5 Å². The molecule has 0 bridgehead atoms. The number of carbonyl (C=O) groups excluding carboxylic acids is 3. The van der Waals surface area contributed by atoms with Gasteiger partial charge in [-0.1, -0.05) is 13.8 Å². The number of nitrogens with one attached hydrogen (secondary N) is 1. The van der Waals surface area contributed by atoms with E-state index in [1.165, 1.54) is 19.4 Å². The largest absolute Gasteiger partial charge is 0.491 e. The monoisotopic (exact) mass is 339 g/mol. The molecule has 9 heteroatoms. The first-order valence-corrected chi connectivity index (χ1v) is 7.41. The van der Waals surface area contributed by atoms with Gasteiger partial charge in [0.05, 0.1) is 19.2 Å². The van der Waals surface area contributed by atoms with Gasteiger partial charge in [0.25, 0.3) is 5.88 Å². The average molecular weight is 339 g/mol. The van der Waals surface area contributed by atoms with E-state index in [0.29, 0.717) is 12.8 Å². The molecule has 24 heavy (non-hydrogen) atoms. The van der Waals surface area contributed by atoms with E-state index in [0.717, 1.165) is 0 Å². The number of imide groups is 1. The maximum atomic E-state index is 12.1. The Kier molecular flexibility index (Phi) is 7.63. The Morgan fingerprint density at radius 3 is 2.50 bits per heavy atom. The third-order valence-corrected chi connectivity index (χ3v) is 3.07. The molecule has 1 aromatic heterocycles. The molecule has 0 fully saturated rings. The summed E-state index contributed by atoms with van der Waals surface area (Å²) in [4.78, 5) is 38.4. The molecule has 0 atom stereocenters. The Balaban J connectivity index is 2.86. The van der Waals surface area contributed by atoms with Crippen LogP contribution in [0.3, 0.4) is 0 Å². The first kappa shape index (κ1) is 19.4. The Hall–Kier alpha value is -2.68. The van der Waals surface area contributed by atoms with Crippen LogP contribution in [0.4, 0.5) is 4.79 Å². The molecule has 132 valence electrons. The van der Waals surface area contributed by atoms with Crippen molar-refractivity contribution >= 4 is 18.0 Å². The van der Waals surface area contributed by atoms with Gasteiger partial charge < -0.3 is 19.9 Å². The third-order valence-electron chi connectivity index (χ3n) is 3.07. The number of hydrogen-bond donors (Lipinski definition) is 2. The molecule has 0 aliphatic carbocycles. The van der Waals surface area contributed by atoms with Crippen molar-refractivity contribution in [2.24, 2.45) is 5.73 Å². The van der Waals surface area contributed by atoms with Crippen molar-refractivity contribution in [3.05, 3.63) is 17.8 Å². The van der Waals surface area contributed by atoms with Crippen LogP contribution in [0.2, 0.25) is 0 Å². The van der Waals surface area contributed by atoms with Crippen LogP contribution in [0.1, 0.15) is 37.0 Å². The fourth-order valence-corrected chi connectivity index (χ4v) is 1.72. The van der Waals surface area contributed by atoms with Gasteiger partial charge in [0.1, 0.15) is 6.10 Å². The van der Waals surface area contributed by atoms with Crippen LogP contribution in [0.5, 0.6) is 11.6 Å². The Labute approximate surface area is 139 Å². The van der Waals surface area contributed by atoms with Crippen LogP contribution in [0, 0.1) is 0 Å². The molecule has 0 aromatic carbocycles. The summed E-state index contributed by atoms with van der Waals surface area (Å²) in [6.07, 6.45) is 1.35. The Morgan fingerprint density at radius 1 is 1.29 bits per heavy atom. The Bertz CT molecular complexity index is 601. The van der Waals surface area contributed by atoms with Crippen molar-refractivity contribution in [1.29, 1.82) is 0 Å². The van der Waals surface area contributed by atoms with E-state index in [-0.39, 0.29) is 29.8 Å². The SMILES string of the molecule is CCC(CC)OC(=O)c1cnc(OC(=O)NC(=O)CN)c(OC)c1. The number of esters is 1. The number of amides is 2. The van der Waals surface area contributed by atoms with Gasteiger partial charge in [-0.3, -0.25) is 10.1 Å². The molecule has 0 unspecified atom stereocenters. The summed E-state index contributed by atoms with van der Waals surface area (Å²) in [5.74, 6) is -1.41. The number of ether oxygens (including phenoxy) is 3. The molecule has 1 heterocycles. The minimum Gasteiger partial charge on any atom is -0.491 e. The minimum absolute atomic E-state index is 0.0457. The highest BCUT2D eigenvalue weighted by Gasteiger charge is 2.19. The highest BCUT2D eigenvalue weighted by atomic mass is 16.6. The highest BCUT2D eigenvalue weighted by Crippen LogP contribution is 2.25. The molecule has 9 nitrogen and oxygen atoms in total. The average Bonchev–Trinajstić information content (AvgIpc) is 2.59. The maximum absolute atomic E-state index is 12.1. The number of nitrogens with two attached hydrogens (primary N) is 1. The molecule has 0 saturated heterocycles. The van der Waals surface area contributed by atoms with Crippen LogP contribution in [-0.2, 0) is 9.53 Å². The molecule has 0 saturated carbocycles. The summed E-state index contributed by atoms with van der Waals surface area (Å²) in [5, 5.41) is 1.90. The van der Waals surface area contributed by atoms with Crippen molar-refractivity contribution in [1.82, 2.24) is 10.3 Å². The second-order valence-electron chi connectivity index (χ2n) is 4.72. The Morgan fingerprint density at radius 2 is 1.96 bits per heavy atom. The fourth-order valence-electron chi connectivity index (χ4n) is 1.72. The van der Waals surface area contributed by atoms with Crippen LogP contribution in [-0.4, -0.2) is 42.7 Å². The van der Waals surface area contributed by atoms with E-state index in [4.69, 9.17) is 19.9 Å². The third kappa shape index (κ3) is 5.51. The number of hydrogen-bond acceptors (Lipinski definition) is 8. The molecular weight excluding hydrogens is 318 g/mol. The number of carbonyl (C=O) groups is 3. The molecule has 1 aromatic rings. The van der Waals surface area contributed by atoms with Gasteiger partial charge in [-0.05, 0) is 12.8 Å².